The highest BCUT2D eigenvalue weighted by atomic mass is 16.2. The maximum absolute atomic E-state index is 13.1. The van der Waals surface area contributed by atoms with Crippen LogP contribution in [0.2, 0.25) is 0 Å². The molecule has 0 bridgehead atoms. The molecule has 0 radical (unpaired) electrons. The Morgan fingerprint density at radius 1 is 1.09 bits per heavy atom. The third-order valence-corrected chi connectivity index (χ3v) is 5.87. The largest absolute Gasteiger partial charge is 0.339 e. The number of carbonyl (C=O) groups is 2. The van der Waals surface area contributed by atoms with Crippen LogP contribution in [0.5, 0.6) is 0 Å². The summed E-state index contributed by atoms with van der Waals surface area (Å²) >= 11 is 0. The Morgan fingerprint density at radius 3 is 2.31 bits per heavy atom. The van der Waals surface area contributed by atoms with Crippen LogP contribution in [0.15, 0.2) is 73.1 Å². The van der Waals surface area contributed by atoms with Crippen LogP contribution < -0.4 is 0 Å². The lowest BCUT2D eigenvalue weighted by atomic mass is 9.90. The molecule has 4 rings (SSSR count). The standard InChI is InChI=1S/C25H25N5O2/c1-2-24(31)29(19-25(32)28-15-13-22(17-28)30-16-14-26-27-30)18-23(20-9-5-3-6-10-20)21-11-7-4-8-12-21/h1,3-12,14,16,22-23H,13,15,17-19H2. The molecule has 1 aliphatic rings. The van der Waals surface area contributed by atoms with Crippen molar-refractivity contribution >= 4 is 11.8 Å². The van der Waals surface area contributed by atoms with Crippen LogP contribution in [0.3, 0.4) is 0 Å². The predicted molar refractivity (Wildman–Crippen MR) is 120 cm³/mol. The zero-order valence-electron chi connectivity index (χ0n) is 17.7. The van der Waals surface area contributed by atoms with Crippen LogP contribution in [0.4, 0.5) is 0 Å². The number of nitrogens with zero attached hydrogens (tertiary/aromatic N) is 5. The quantitative estimate of drug-likeness (QED) is 0.543. The van der Waals surface area contributed by atoms with E-state index in [0.29, 0.717) is 19.6 Å². The summed E-state index contributed by atoms with van der Waals surface area (Å²) in [7, 11) is 0. The number of rotatable bonds is 7. The zero-order valence-corrected chi connectivity index (χ0v) is 17.7. The van der Waals surface area contributed by atoms with E-state index in [0.717, 1.165) is 17.5 Å². The fourth-order valence-electron chi connectivity index (χ4n) is 4.16. The number of aromatic nitrogens is 3. The van der Waals surface area contributed by atoms with Crippen molar-refractivity contribution in [3.05, 3.63) is 84.2 Å². The number of likely N-dealkylation sites (tertiary alicyclic amines) is 1. The SMILES string of the molecule is C#CC(=O)N(CC(=O)N1CCC(n2ccnn2)C1)CC(c1ccccc1)c1ccccc1. The summed E-state index contributed by atoms with van der Waals surface area (Å²) in [6, 6.07) is 20.0. The summed E-state index contributed by atoms with van der Waals surface area (Å²) in [4.78, 5) is 28.9. The van der Waals surface area contributed by atoms with Gasteiger partial charge in [0.2, 0.25) is 5.91 Å². The second-order valence-corrected chi connectivity index (χ2v) is 7.87. The van der Waals surface area contributed by atoms with Crippen molar-refractivity contribution in [1.29, 1.82) is 0 Å². The molecule has 1 atom stereocenters. The summed E-state index contributed by atoms with van der Waals surface area (Å²) in [5.74, 6) is 1.50. The Balaban J connectivity index is 1.51. The molecular weight excluding hydrogens is 402 g/mol. The van der Waals surface area contributed by atoms with Crippen LogP contribution in [-0.4, -0.2) is 62.8 Å². The first-order chi connectivity index (χ1) is 15.7. The number of hydrogen-bond acceptors (Lipinski definition) is 4. The Labute approximate surface area is 187 Å². The third-order valence-electron chi connectivity index (χ3n) is 5.87. The Bertz CT molecular complexity index is 1040. The summed E-state index contributed by atoms with van der Waals surface area (Å²) in [5, 5.41) is 7.88. The molecule has 1 unspecified atom stereocenters. The second kappa shape index (κ2) is 9.92. The molecule has 7 nitrogen and oxygen atoms in total. The second-order valence-electron chi connectivity index (χ2n) is 7.87. The fraction of sp³-hybridized carbons (Fsp3) is 0.280. The third kappa shape index (κ3) is 4.86. The van der Waals surface area contributed by atoms with E-state index in [2.05, 4.69) is 16.2 Å². The number of amides is 2. The van der Waals surface area contributed by atoms with E-state index in [9.17, 15) is 9.59 Å². The van der Waals surface area contributed by atoms with Crippen LogP contribution in [-0.2, 0) is 9.59 Å². The summed E-state index contributed by atoms with van der Waals surface area (Å²) in [6.07, 6.45) is 9.69. The first-order valence-electron chi connectivity index (χ1n) is 10.6. The van der Waals surface area contributed by atoms with Gasteiger partial charge in [0, 0.05) is 31.7 Å². The van der Waals surface area contributed by atoms with Gasteiger partial charge in [0.25, 0.3) is 5.91 Å². The molecule has 1 aliphatic heterocycles. The lowest BCUT2D eigenvalue weighted by Gasteiger charge is -2.28. The van der Waals surface area contributed by atoms with Crippen LogP contribution in [0.25, 0.3) is 0 Å². The van der Waals surface area contributed by atoms with Crippen molar-refractivity contribution in [1.82, 2.24) is 24.8 Å². The molecular formula is C25H25N5O2. The van der Waals surface area contributed by atoms with Crippen LogP contribution >= 0.6 is 0 Å². The van der Waals surface area contributed by atoms with Crippen molar-refractivity contribution in [3.63, 3.8) is 0 Å². The molecule has 2 amide bonds. The highest BCUT2D eigenvalue weighted by molar-refractivity contribution is 5.95. The Morgan fingerprint density at radius 2 is 1.75 bits per heavy atom. The lowest BCUT2D eigenvalue weighted by molar-refractivity contribution is -0.137. The van der Waals surface area contributed by atoms with Gasteiger partial charge in [-0.25, -0.2) is 4.68 Å². The number of hydrogen-bond donors (Lipinski definition) is 0. The van der Waals surface area contributed by atoms with Gasteiger partial charge >= 0.3 is 0 Å². The topological polar surface area (TPSA) is 71.3 Å². The predicted octanol–water partition coefficient (Wildman–Crippen LogP) is 2.35. The number of benzene rings is 2. The van der Waals surface area contributed by atoms with Gasteiger partial charge in [-0.05, 0) is 23.5 Å². The van der Waals surface area contributed by atoms with E-state index >= 15 is 0 Å². The summed E-state index contributed by atoms with van der Waals surface area (Å²) in [6.45, 7) is 1.43. The van der Waals surface area contributed by atoms with Gasteiger partial charge in [0.15, 0.2) is 0 Å². The van der Waals surface area contributed by atoms with E-state index in [1.807, 2.05) is 60.7 Å². The number of terminal acetylenes is 1. The highest BCUT2D eigenvalue weighted by Crippen LogP contribution is 2.26. The molecule has 3 aromatic rings. The van der Waals surface area contributed by atoms with Gasteiger partial charge in [-0.15, -0.1) is 11.5 Å². The lowest BCUT2D eigenvalue weighted by Crippen LogP contribution is -2.43. The first kappa shape index (κ1) is 21.3. The summed E-state index contributed by atoms with van der Waals surface area (Å²) in [5.41, 5.74) is 2.13. The Hall–Kier alpha value is -3.92. The van der Waals surface area contributed by atoms with Gasteiger partial charge in [0.1, 0.15) is 6.54 Å². The molecule has 0 saturated carbocycles. The first-order valence-corrected chi connectivity index (χ1v) is 10.6. The van der Waals surface area contributed by atoms with Crippen molar-refractivity contribution in [2.24, 2.45) is 0 Å². The minimum absolute atomic E-state index is 0.0523. The van der Waals surface area contributed by atoms with Gasteiger partial charge < -0.3 is 9.80 Å². The van der Waals surface area contributed by atoms with Crippen molar-refractivity contribution in [2.75, 3.05) is 26.2 Å². The molecule has 0 spiro atoms. The van der Waals surface area contributed by atoms with Crippen LogP contribution in [0.1, 0.15) is 29.5 Å². The van der Waals surface area contributed by atoms with E-state index in [-0.39, 0.29) is 24.4 Å². The van der Waals surface area contributed by atoms with Gasteiger partial charge in [-0.1, -0.05) is 65.9 Å². The minimum Gasteiger partial charge on any atom is -0.339 e. The molecule has 7 heteroatoms. The molecule has 1 saturated heterocycles. The highest BCUT2D eigenvalue weighted by Gasteiger charge is 2.30. The van der Waals surface area contributed by atoms with Gasteiger partial charge in [0.05, 0.1) is 12.2 Å². The summed E-state index contributed by atoms with van der Waals surface area (Å²) < 4.78 is 1.78. The van der Waals surface area contributed by atoms with E-state index in [4.69, 9.17) is 6.42 Å². The van der Waals surface area contributed by atoms with Crippen molar-refractivity contribution in [3.8, 4) is 12.3 Å². The zero-order chi connectivity index (χ0) is 22.3. The van der Waals surface area contributed by atoms with Gasteiger partial charge in [-0.3, -0.25) is 9.59 Å². The molecule has 1 aromatic heterocycles. The van der Waals surface area contributed by atoms with E-state index in [1.54, 1.807) is 22.0 Å². The molecule has 0 aliphatic carbocycles. The van der Waals surface area contributed by atoms with E-state index < -0.39 is 5.91 Å². The van der Waals surface area contributed by atoms with Crippen LogP contribution in [0, 0.1) is 12.3 Å². The number of carbonyl (C=O) groups excluding carboxylic acids is 2. The van der Waals surface area contributed by atoms with Crippen molar-refractivity contribution < 1.29 is 9.59 Å². The maximum Gasteiger partial charge on any atom is 0.298 e. The maximum atomic E-state index is 13.1. The van der Waals surface area contributed by atoms with E-state index in [1.165, 1.54) is 4.90 Å². The van der Waals surface area contributed by atoms with Gasteiger partial charge in [-0.2, -0.15) is 0 Å². The molecule has 2 aromatic carbocycles. The normalized spacial score (nSPS) is 15.5. The average Bonchev–Trinajstić information content (AvgIpc) is 3.54. The minimum atomic E-state index is -0.484. The Kier molecular flexibility index (Phi) is 6.61. The molecule has 32 heavy (non-hydrogen) atoms. The average molecular weight is 428 g/mol. The fourth-order valence-corrected chi connectivity index (χ4v) is 4.16. The molecule has 162 valence electrons. The monoisotopic (exact) mass is 427 g/mol. The molecule has 0 N–H and O–H groups in total. The van der Waals surface area contributed by atoms with Crippen molar-refractivity contribution in [2.45, 2.75) is 18.4 Å². The molecule has 1 fully saturated rings. The smallest absolute Gasteiger partial charge is 0.298 e. The molecule has 2 heterocycles.